The molecule has 5 nitrogen and oxygen atoms in total. The highest BCUT2D eigenvalue weighted by Gasteiger charge is 2.41. The molecule has 20 heavy (non-hydrogen) atoms. The second-order valence-electron chi connectivity index (χ2n) is 5.41. The molecule has 2 amide bonds. The molecular weight excluding hydrogens is 263 g/mol. The quantitative estimate of drug-likeness (QED) is 0.797. The normalized spacial score (nSPS) is 19.8. The Morgan fingerprint density at radius 2 is 2.05 bits per heavy atom. The molecule has 108 valence electrons. The van der Waals surface area contributed by atoms with Crippen LogP contribution in [0.4, 0.5) is 10.1 Å². The van der Waals surface area contributed by atoms with Gasteiger partial charge >= 0.3 is 0 Å². The van der Waals surface area contributed by atoms with Gasteiger partial charge in [0.1, 0.15) is 11.4 Å². The van der Waals surface area contributed by atoms with Gasteiger partial charge in [-0.1, -0.05) is 6.07 Å². The van der Waals surface area contributed by atoms with Gasteiger partial charge < -0.3 is 10.0 Å². The Morgan fingerprint density at radius 1 is 1.40 bits per heavy atom. The summed E-state index contributed by atoms with van der Waals surface area (Å²) < 4.78 is 14.2. The molecule has 6 heteroatoms. The predicted octanol–water partition coefficient (Wildman–Crippen LogP) is 1.12. The molecule has 1 atom stereocenters. The Balaban J connectivity index is 2.44. The standard InChI is InChI=1S/C14H17FN2O3/c1-8(18)9-4-5-11(10(15)6-9)17-7-12(19)16-13(20)14(17,2)3/h4-6,8,18H,7H2,1-3H3,(H,16,19,20). The first-order valence-corrected chi connectivity index (χ1v) is 6.33. The number of carbonyl (C=O) groups excluding carboxylic acids is 2. The number of aliphatic hydroxyl groups is 1. The van der Waals surface area contributed by atoms with Crippen LogP contribution < -0.4 is 10.2 Å². The molecule has 0 aromatic heterocycles. The second-order valence-corrected chi connectivity index (χ2v) is 5.41. The average Bonchev–Trinajstić information content (AvgIpc) is 2.34. The molecule has 1 aliphatic rings. The van der Waals surface area contributed by atoms with Crippen molar-refractivity contribution < 1.29 is 19.1 Å². The van der Waals surface area contributed by atoms with E-state index in [1.807, 2.05) is 0 Å². The first-order valence-electron chi connectivity index (χ1n) is 6.33. The van der Waals surface area contributed by atoms with Gasteiger partial charge in [-0.3, -0.25) is 14.9 Å². The number of amides is 2. The summed E-state index contributed by atoms with van der Waals surface area (Å²) in [6.45, 7) is 4.69. The first kappa shape index (κ1) is 14.5. The molecule has 1 aromatic carbocycles. The fraction of sp³-hybridized carbons (Fsp3) is 0.429. The Kier molecular flexibility index (Phi) is 3.52. The fourth-order valence-corrected chi connectivity index (χ4v) is 2.17. The van der Waals surface area contributed by atoms with Crippen molar-refractivity contribution in [2.24, 2.45) is 0 Å². The number of halogens is 1. The summed E-state index contributed by atoms with van der Waals surface area (Å²) in [7, 11) is 0. The minimum atomic E-state index is -1.03. The van der Waals surface area contributed by atoms with E-state index >= 15 is 0 Å². The highest BCUT2D eigenvalue weighted by atomic mass is 19.1. The number of piperazine rings is 1. The van der Waals surface area contributed by atoms with E-state index in [1.54, 1.807) is 19.9 Å². The lowest BCUT2D eigenvalue weighted by Gasteiger charge is -2.41. The monoisotopic (exact) mass is 280 g/mol. The Hall–Kier alpha value is -1.95. The zero-order valence-corrected chi connectivity index (χ0v) is 11.6. The smallest absolute Gasteiger partial charge is 0.251 e. The van der Waals surface area contributed by atoms with E-state index < -0.39 is 29.3 Å². The number of hydrogen-bond donors (Lipinski definition) is 2. The maximum Gasteiger partial charge on any atom is 0.251 e. The van der Waals surface area contributed by atoms with Gasteiger partial charge in [0, 0.05) is 0 Å². The molecule has 0 radical (unpaired) electrons. The van der Waals surface area contributed by atoms with Crippen LogP contribution in [-0.2, 0) is 9.59 Å². The Bertz CT molecular complexity index is 570. The highest BCUT2D eigenvalue weighted by molar-refractivity contribution is 6.06. The number of anilines is 1. The molecule has 0 saturated carbocycles. The van der Waals surface area contributed by atoms with Crippen molar-refractivity contribution in [2.45, 2.75) is 32.4 Å². The maximum atomic E-state index is 14.2. The molecule has 1 saturated heterocycles. The van der Waals surface area contributed by atoms with Crippen LogP contribution in [0.15, 0.2) is 18.2 Å². The molecule has 0 aliphatic carbocycles. The zero-order chi connectivity index (χ0) is 15.1. The van der Waals surface area contributed by atoms with Crippen molar-refractivity contribution in [3.63, 3.8) is 0 Å². The average molecular weight is 280 g/mol. The van der Waals surface area contributed by atoms with E-state index in [4.69, 9.17) is 0 Å². The van der Waals surface area contributed by atoms with Crippen molar-refractivity contribution in [3.8, 4) is 0 Å². The summed E-state index contributed by atoms with van der Waals surface area (Å²) in [6, 6.07) is 4.27. The highest BCUT2D eigenvalue weighted by Crippen LogP contribution is 2.30. The summed E-state index contributed by atoms with van der Waals surface area (Å²) in [4.78, 5) is 24.8. The van der Waals surface area contributed by atoms with Gasteiger partial charge in [-0.15, -0.1) is 0 Å². The maximum absolute atomic E-state index is 14.2. The van der Waals surface area contributed by atoms with Gasteiger partial charge in [0.15, 0.2) is 0 Å². The minimum absolute atomic E-state index is 0.0936. The lowest BCUT2D eigenvalue weighted by Crippen LogP contribution is -2.64. The van der Waals surface area contributed by atoms with E-state index in [-0.39, 0.29) is 12.2 Å². The number of benzene rings is 1. The molecule has 2 rings (SSSR count). The topological polar surface area (TPSA) is 69.6 Å². The second kappa shape index (κ2) is 4.86. The van der Waals surface area contributed by atoms with Crippen LogP contribution in [0.3, 0.4) is 0 Å². The Morgan fingerprint density at radius 3 is 2.60 bits per heavy atom. The van der Waals surface area contributed by atoms with Gasteiger partial charge in [-0.2, -0.15) is 0 Å². The fourth-order valence-electron chi connectivity index (χ4n) is 2.17. The predicted molar refractivity (Wildman–Crippen MR) is 71.6 cm³/mol. The van der Waals surface area contributed by atoms with Crippen LogP contribution in [0, 0.1) is 5.82 Å². The van der Waals surface area contributed by atoms with Crippen LogP contribution in [0.25, 0.3) is 0 Å². The van der Waals surface area contributed by atoms with Crippen molar-refractivity contribution >= 4 is 17.5 Å². The number of nitrogens with zero attached hydrogens (tertiary/aromatic N) is 1. The Labute approximate surface area is 116 Å². The summed E-state index contributed by atoms with van der Waals surface area (Å²) >= 11 is 0. The van der Waals surface area contributed by atoms with E-state index in [0.717, 1.165) is 0 Å². The van der Waals surface area contributed by atoms with E-state index in [0.29, 0.717) is 5.56 Å². The number of imide groups is 1. The molecule has 0 spiro atoms. The van der Waals surface area contributed by atoms with Gasteiger partial charge in [-0.25, -0.2) is 4.39 Å². The summed E-state index contributed by atoms with van der Waals surface area (Å²) in [6.07, 6.45) is -0.780. The summed E-state index contributed by atoms with van der Waals surface area (Å²) in [5.74, 6) is -1.50. The number of nitrogens with one attached hydrogen (secondary N) is 1. The molecule has 2 N–H and O–H groups in total. The van der Waals surface area contributed by atoms with Crippen molar-refractivity contribution in [3.05, 3.63) is 29.6 Å². The number of carbonyl (C=O) groups is 2. The van der Waals surface area contributed by atoms with Crippen LogP contribution in [0.1, 0.15) is 32.4 Å². The lowest BCUT2D eigenvalue weighted by atomic mass is 9.97. The zero-order valence-electron chi connectivity index (χ0n) is 11.6. The van der Waals surface area contributed by atoms with E-state index in [2.05, 4.69) is 5.32 Å². The first-order chi connectivity index (χ1) is 9.23. The lowest BCUT2D eigenvalue weighted by molar-refractivity contribution is -0.135. The summed E-state index contributed by atoms with van der Waals surface area (Å²) in [5.41, 5.74) is -0.416. The number of hydrogen-bond acceptors (Lipinski definition) is 4. The van der Waals surface area contributed by atoms with Gasteiger partial charge in [0.25, 0.3) is 5.91 Å². The van der Waals surface area contributed by atoms with Crippen LogP contribution in [-0.4, -0.2) is 29.0 Å². The third-order valence-corrected chi connectivity index (χ3v) is 3.53. The van der Waals surface area contributed by atoms with Crippen LogP contribution in [0.2, 0.25) is 0 Å². The van der Waals surface area contributed by atoms with Crippen LogP contribution in [0.5, 0.6) is 0 Å². The summed E-state index contributed by atoms with van der Waals surface area (Å²) in [5, 5.41) is 11.7. The van der Waals surface area contributed by atoms with Crippen LogP contribution >= 0.6 is 0 Å². The molecular formula is C14H17FN2O3. The van der Waals surface area contributed by atoms with Gasteiger partial charge in [0.2, 0.25) is 5.91 Å². The molecule has 1 aromatic rings. The van der Waals surface area contributed by atoms with Gasteiger partial charge in [-0.05, 0) is 38.5 Å². The largest absolute Gasteiger partial charge is 0.389 e. The molecule has 1 unspecified atom stereocenters. The van der Waals surface area contributed by atoms with Crippen molar-refractivity contribution in [1.29, 1.82) is 0 Å². The molecule has 0 bridgehead atoms. The number of rotatable bonds is 2. The molecule has 1 heterocycles. The number of aliphatic hydroxyl groups excluding tert-OH is 1. The van der Waals surface area contributed by atoms with Crippen molar-refractivity contribution in [1.82, 2.24) is 5.32 Å². The third-order valence-electron chi connectivity index (χ3n) is 3.53. The molecule has 1 aliphatic heterocycles. The van der Waals surface area contributed by atoms with Crippen molar-refractivity contribution in [2.75, 3.05) is 11.4 Å². The minimum Gasteiger partial charge on any atom is -0.389 e. The van der Waals surface area contributed by atoms with E-state index in [9.17, 15) is 19.1 Å². The van der Waals surface area contributed by atoms with Gasteiger partial charge in [0.05, 0.1) is 18.3 Å². The SMILES string of the molecule is CC(O)c1ccc(N2CC(=O)NC(=O)C2(C)C)c(F)c1. The molecule has 1 fully saturated rings. The van der Waals surface area contributed by atoms with E-state index in [1.165, 1.54) is 24.0 Å². The third kappa shape index (κ3) is 2.38.